The first-order valence-corrected chi connectivity index (χ1v) is 6.07. The minimum atomic E-state index is 0.646. The van der Waals surface area contributed by atoms with Crippen LogP contribution in [0.15, 0.2) is 12.4 Å². The van der Waals surface area contributed by atoms with E-state index in [0.717, 1.165) is 32.1 Å². The van der Waals surface area contributed by atoms with Crippen LogP contribution in [0.2, 0.25) is 0 Å². The molecule has 0 aromatic carbocycles. The number of likely N-dealkylation sites (N-methyl/N-ethyl adjacent to an activating group) is 1. The first kappa shape index (κ1) is 13.0. The van der Waals surface area contributed by atoms with E-state index in [1.807, 2.05) is 12.4 Å². The summed E-state index contributed by atoms with van der Waals surface area (Å²) in [6, 6.07) is 0. The van der Waals surface area contributed by atoms with E-state index in [4.69, 9.17) is 0 Å². The highest BCUT2D eigenvalue weighted by molar-refractivity contribution is 5.25. The normalized spacial score (nSPS) is 11.4. The van der Waals surface area contributed by atoms with Gasteiger partial charge in [-0.25, -0.2) is 4.98 Å². The molecule has 0 unspecified atom stereocenters. The van der Waals surface area contributed by atoms with E-state index in [2.05, 4.69) is 47.6 Å². The number of nitrogens with zero attached hydrogens (tertiary/aromatic N) is 3. The average molecular weight is 224 g/mol. The zero-order valence-electron chi connectivity index (χ0n) is 10.9. The standard InChI is InChI=1S/C12H24N4/c1-5-15(4)8-6-13-12-14-7-9-16(12)10-11(2)3/h7,9,11H,5-6,8,10H2,1-4H3,(H,13,14). The SMILES string of the molecule is CCN(C)CCNc1nccn1CC(C)C. The average Bonchev–Trinajstić information content (AvgIpc) is 2.64. The van der Waals surface area contributed by atoms with Gasteiger partial charge in [-0.15, -0.1) is 0 Å². The molecule has 92 valence electrons. The molecule has 0 radical (unpaired) electrons. The summed E-state index contributed by atoms with van der Waals surface area (Å²) >= 11 is 0. The minimum absolute atomic E-state index is 0.646. The molecule has 4 heteroatoms. The molecule has 0 bridgehead atoms. The predicted octanol–water partition coefficient (Wildman–Crippen LogP) is 1.90. The van der Waals surface area contributed by atoms with Gasteiger partial charge in [-0.3, -0.25) is 0 Å². The van der Waals surface area contributed by atoms with Crippen molar-refractivity contribution >= 4 is 5.95 Å². The Morgan fingerprint density at radius 2 is 2.25 bits per heavy atom. The molecule has 0 aliphatic heterocycles. The lowest BCUT2D eigenvalue weighted by Crippen LogP contribution is -2.25. The summed E-state index contributed by atoms with van der Waals surface area (Å²) in [5, 5.41) is 3.37. The molecule has 1 rings (SSSR count). The third kappa shape index (κ3) is 4.23. The summed E-state index contributed by atoms with van der Waals surface area (Å²) < 4.78 is 2.18. The van der Waals surface area contributed by atoms with E-state index in [0.29, 0.717) is 5.92 Å². The monoisotopic (exact) mass is 224 g/mol. The first-order chi connectivity index (χ1) is 7.63. The van der Waals surface area contributed by atoms with Crippen LogP contribution in [0.3, 0.4) is 0 Å². The molecule has 16 heavy (non-hydrogen) atoms. The van der Waals surface area contributed by atoms with Gasteiger partial charge in [0.2, 0.25) is 5.95 Å². The van der Waals surface area contributed by atoms with Crippen molar-refractivity contribution < 1.29 is 0 Å². The summed E-state index contributed by atoms with van der Waals surface area (Å²) in [6.07, 6.45) is 3.89. The summed E-state index contributed by atoms with van der Waals surface area (Å²) in [4.78, 5) is 6.61. The predicted molar refractivity (Wildman–Crippen MR) is 68.7 cm³/mol. The number of hydrogen-bond acceptors (Lipinski definition) is 3. The van der Waals surface area contributed by atoms with Crippen LogP contribution in [0, 0.1) is 5.92 Å². The Morgan fingerprint density at radius 1 is 1.50 bits per heavy atom. The second-order valence-electron chi connectivity index (χ2n) is 4.62. The maximum absolute atomic E-state index is 4.33. The van der Waals surface area contributed by atoms with Gasteiger partial charge in [0.25, 0.3) is 0 Å². The molecule has 0 spiro atoms. The van der Waals surface area contributed by atoms with Crippen LogP contribution >= 0.6 is 0 Å². The van der Waals surface area contributed by atoms with Gasteiger partial charge >= 0.3 is 0 Å². The smallest absolute Gasteiger partial charge is 0.202 e. The zero-order chi connectivity index (χ0) is 12.0. The van der Waals surface area contributed by atoms with Crippen molar-refractivity contribution in [3.63, 3.8) is 0 Å². The highest BCUT2D eigenvalue weighted by Gasteiger charge is 2.03. The van der Waals surface area contributed by atoms with E-state index in [-0.39, 0.29) is 0 Å². The van der Waals surface area contributed by atoms with E-state index < -0.39 is 0 Å². The van der Waals surface area contributed by atoms with Crippen LogP contribution in [0.1, 0.15) is 20.8 Å². The first-order valence-electron chi connectivity index (χ1n) is 6.07. The minimum Gasteiger partial charge on any atom is -0.354 e. The third-order valence-electron chi connectivity index (χ3n) is 2.59. The summed E-state index contributed by atoms with van der Waals surface area (Å²) in [7, 11) is 2.13. The van der Waals surface area contributed by atoms with Gasteiger partial charge in [0.05, 0.1) is 0 Å². The Labute approximate surface area is 98.7 Å². The topological polar surface area (TPSA) is 33.1 Å². The zero-order valence-corrected chi connectivity index (χ0v) is 10.9. The van der Waals surface area contributed by atoms with Crippen molar-refractivity contribution in [2.75, 3.05) is 32.0 Å². The molecule has 1 N–H and O–H groups in total. The second kappa shape index (κ2) is 6.53. The molecule has 1 aromatic heterocycles. The van der Waals surface area contributed by atoms with Crippen molar-refractivity contribution in [1.29, 1.82) is 0 Å². The molecule has 0 atom stereocenters. The van der Waals surface area contributed by atoms with E-state index >= 15 is 0 Å². The highest BCUT2D eigenvalue weighted by Crippen LogP contribution is 2.07. The fourth-order valence-electron chi connectivity index (χ4n) is 1.53. The van der Waals surface area contributed by atoms with Gasteiger partial charge in [-0.2, -0.15) is 0 Å². The molecule has 1 heterocycles. The van der Waals surface area contributed by atoms with Gasteiger partial charge < -0.3 is 14.8 Å². The van der Waals surface area contributed by atoms with Crippen molar-refractivity contribution in [2.24, 2.45) is 5.92 Å². The van der Waals surface area contributed by atoms with Crippen LogP contribution < -0.4 is 5.32 Å². The summed E-state index contributed by atoms with van der Waals surface area (Å²) in [5.74, 6) is 1.63. The van der Waals surface area contributed by atoms with Gasteiger partial charge in [0.1, 0.15) is 0 Å². The van der Waals surface area contributed by atoms with Crippen LogP contribution in [-0.4, -0.2) is 41.1 Å². The Balaban J connectivity index is 2.38. The van der Waals surface area contributed by atoms with Gasteiger partial charge in [-0.1, -0.05) is 20.8 Å². The molecule has 0 saturated heterocycles. The largest absolute Gasteiger partial charge is 0.354 e. The van der Waals surface area contributed by atoms with E-state index in [1.54, 1.807) is 0 Å². The molecule has 0 fully saturated rings. The fourth-order valence-corrected chi connectivity index (χ4v) is 1.53. The fraction of sp³-hybridized carbons (Fsp3) is 0.750. The van der Waals surface area contributed by atoms with Gasteiger partial charge in [0.15, 0.2) is 0 Å². The lowest BCUT2D eigenvalue weighted by atomic mass is 10.2. The van der Waals surface area contributed by atoms with Crippen molar-refractivity contribution in [3.05, 3.63) is 12.4 Å². The third-order valence-corrected chi connectivity index (χ3v) is 2.59. The maximum Gasteiger partial charge on any atom is 0.202 e. The molecular weight excluding hydrogens is 200 g/mol. The number of anilines is 1. The molecule has 0 aliphatic carbocycles. The van der Waals surface area contributed by atoms with Crippen molar-refractivity contribution in [3.8, 4) is 0 Å². The lowest BCUT2D eigenvalue weighted by molar-refractivity contribution is 0.366. The second-order valence-corrected chi connectivity index (χ2v) is 4.62. The van der Waals surface area contributed by atoms with Crippen LogP contribution in [-0.2, 0) is 6.54 Å². The van der Waals surface area contributed by atoms with E-state index in [9.17, 15) is 0 Å². The van der Waals surface area contributed by atoms with Crippen molar-refractivity contribution in [1.82, 2.24) is 14.5 Å². The molecule has 0 amide bonds. The Morgan fingerprint density at radius 3 is 2.88 bits per heavy atom. The Hall–Kier alpha value is -1.03. The Kier molecular flexibility index (Phi) is 5.32. The lowest BCUT2D eigenvalue weighted by Gasteiger charge is -2.15. The molecule has 4 nitrogen and oxygen atoms in total. The summed E-state index contributed by atoms with van der Waals surface area (Å²) in [6.45, 7) is 10.7. The van der Waals surface area contributed by atoms with E-state index in [1.165, 1.54) is 0 Å². The maximum atomic E-state index is 4.33. The number of hydrogen-bond donors (Lipinski definition) is 1. The Bertz CT molecular complexity index is 293. The number of nitrogens with one attached hydrogen (secondary N) is 1. The van der Waals surface area contributed by atoms with Gasteiger partial charge in [-0.05, 0) is 19.5 Å². The van der Waals surface area contributed by atoms with Gasteiger partial charge in [0, 0.05) is 32.0 Å². The van der Waals surface area contributed by atoms with Crippen LogP contribution in [0.25, 0.3) is 0 Å². The van der Waals surface area contributed by atoms with Crippen molar-refractivity contribution in [2.45, 2.75) is 27.3 Å². The number of rotatable bonds is 7. The quantitative estimate of drug-likeness (QED) is 0.768. The van der Waals surface area contributed by atoms with Crippen LogP contribution in [0.4, 0.5) is 5.95 Å². The number of imidazole rings is 1. The molecule has 0 saturated carbocycles. The summed E-state index contributed by atoms with van der Waals surface area (Å²) in [5.41, 5.74) is 0. The highest BCUT2D eigenvalue weighted by atomic mass is 15.2. The van der Waals surface area contributed by atoms with Crippen LogP contribution in [0.5, 0.6) is 0 Å². The molecular formula is C12H24N4. The molecule has 0 aliphatic rings. The molecule has 1 aromatic rings. The number of aromatic nitrogens is 2.